The summed E-state index contributed by atoms with van der Waals surface area (Å²) in [7, 11) is 0. The number of hydrogen-bond acceptors (Lipinski definition) is 7. The predicted octanol–water partition coefficient (Wildman–Crippen LogP) is 5.14. The quantitative estimate of drug-likeness (QED) is 0.284. The maximum atomic E-state index is 16.0. The van der Waals surface area contributed by atoms with Crippen LogP contribution in [0.1, 0.15) is 20.3 Å². The van der Waals surface area contributed by atoms with Gasteiger partial charge in [-0.25, -0.2) is 19.3 Å². The molecule has 0 spiro atoms. The third kappa shape index (κ3) is 4.23. The second-order valence-electron chi connectivity index (χ2n) is 9.27. The molecule has 0 saturated heterocycles. The molecule has 1 amide bonds. The van der Waals surface area contributed by atoms with Crippen LogP contribution >= 0.6 is 0 Å². The fourth-order valence-corrected chi connectivity index (χ4v) is 4.35. The minimum Gasteiger partial charge on any atom is -0.325 e. The van der Waals surface area contributed by atoms with Crippen molar-refractivity contribution in [1.82, 2.24) is 40.1 Å². The van der Waals surface area contributed by atoms with Gasteiger partial charge in [0, 0.05) is 54.1 Å². The third-order valence-electron chi connectivity index (χ3n) is 6.05. The minimum absolute atomic E-state index is 0.130. The van der Waals surface area contributed by atoms with E-state index in [9.17, 15) is 4.79 Å². The molecule has 3 N–H and O–H groups in total. The van der Waals surface area contributed by atoms with E-state index in [1.54, 1.807) is 24.7 Å². The Hall–Kier alpha value is -5.06. The molecule has 0 unspecified atom stereocenters. The van der Waals surface area contributed by atoms with Crippen LogP contribution in [-0.2, 0) is 4.79 Å². The van der Waals surface area contributed by atoms with Crippen LogP contribution in [-0.4, -0.2) is 46.0 Å². The molecule has 6 aromatic heterocycles. The van der Waals surface area contributed by atoms with Crippen molar-refractivity contribution in [3.63, 3.8) is 0 Å². The van der Waals surface area contributed by atoms with Crippen LogP contribution in [0.25, 0.3) is 56.0 Å². The maximum absolute atomic E-state index is 16.0. The number of nitrogens with zero attached hydrogens (tertiary/aromatic N) is 6. The van der Waals surface area contributed by atoms with Crippen molar-refractivity contribution >= 4 is 33.8 Å². The van der Waals surface area contributed by atoms with Crippen molar-refractivity contribution in [3.05, 3.63) is 67.3 Å². The molecule has 0 aromatic carbocycles. The number of anilines is 1. The zero-order chi connectivity index (χ0) is 26.2. The van der Waals surface area contributed by atoms with Gasteiger partial charge in [-0.1, -0.05) is 13.8 Å². The maximum Gasteiger partial charge on any atom is 0.224 e. The average Bonchev–Trinajstić information content (AvgIpc) is 3.54. The lowest BCUT2D eigenvalue weighted by molar-refractivity contribution is -0.116. The molecule has 0 aliphatic carbocycles. The van der Waals surface area contributed by atoms with Crippen LogP contribution in [0.4, 0.5) is 10.1 Å². The van der Waals surface area contributed by atoms with Gasteiger partial charge in [0.2, 0.25) is 5.91 Å². The van der Waals surface area contributed by atoms with Crippen LogP contribution in [0.15, 0.2) is 61.4 Å². The Morgan fingerprint density at radius 1 is 0.974 bits per heavy atom. The Morgan fingerprint density at radius 3 is 2.63 bits per heavy atom. The zero-order valence-electron chi connectivity index (χ0n) is 20.5. The lowest BCUT2D eigenvalue weighted by Crippen LogP contribution is -2.14. The highest BCUT2D eigenvalue weighted by Gasteiger charge is 2.22. The van der Waals surface area contributed by atoms with Crippen molar-refractivity contribution in [2.24, 2.45) is 5.92 Å². The number of aromatic amines is 2. The van der Waals surface area contributed by atoms with E-state index in [0.717, 1.165) is 11.1 Å². The molecule has 10 nitrogen and oxygen atoms in total. The number of fused-ring (bicyclic) bond motifs is 2. The van der Waals surface area contributed by atoms with Crippen LogP contribution in [0.5, 0.6) is 0 Å². The first-order valence-corrected chi connectivity index (χ1v) is 12.0. The first kappa shape index (κ1) is 23.3. The molecule has 0 radical (unpaired) electrons. The van der Waals surface area contributed by atoms with E-state index in [-0.39, 0.29) is 34.1 Å². The Bertz CT molecular complexity index is 1790. The number of halogens is 1. The second kappa shape index (κ2) is 9.43. The van der Waals surface area contributed by atoms with Crippen molar-refractivity contribution in [1.29, 1.82) is 0 Å². The van der Waals surface area contributed by atoms with Gasteiger partial charge in [-0.15, -0.1) is 0 Å². The molecule has 38 heavy (non-hydrogen) atoms. The van der Waals surface area contributed by atoms with Gasteiger partial charge in [-0.2, -0.15) is 5.10 Å². The van der Waals surface area contributed by atoms with Gasteiger partial charge in [0.25, 0.3) is 0 Å². The normalized spacial score (nSPS) is 11.5. The molecule has 6 aromatic rings. The van der Waals surface area contributed by atoms with E-state index in [1.165, 1.54) is 18.6 Å². The van der Waals surface area contributed by atoms with E-state index in [4.69, 9.17) is 4.98 Å². The summed E-state index contributed by atoms with van der Waals surface area (Å²) in [5, 5.41) is 10.1. The fourth-order valence-electron chi connectivity index (χ4n) is 4.35. The molecule has 6 heterocycles. The van der Waals surface area contributed by atoms with Gasteiger partial charge in [0.05, 0.1) is 17.3 Å². The average molecular weight is 508 g/mol. The topological polar surface area (TPSA) is 138 Å². The van der Waals surface area contributed by atoms with E-state index < -0.39 is 5.82 Å². The number of hydrogen-bond donors (Lipinski definition) is 3. The molecule has 0 fully saturated rings. The Balaban J connectivity index is 1.42. The van der Waals surface area contributed by atoms with Crippen LogP contribution in [0.2, 0.25) is 0 Å². The predicted molar refractivity (Wildman–Crippen MR) is 141 cm³/mol. The summed E-state index contributed by atoms with van der Waals surface area (Å²) in [6, 6.07) is 7.31. The van der Waals surface area contributed by atoms with Gasteiger partial charge in [0.1, 0.15) is 17.0 Å². The van der Waals surface area contributed by atoms with Crippen molar-refractivity contribution in [2.45, 2.75) is 20.3 Å². The van der Waals surface area contributed by atoms with Gasteiger partial charge >= 0.3 is 0 Å². The number of H-pyrrole nitrogens is 2. The lowest BCUT2D eigenvalue weighted by Gasteiger charge is -2.09. The molecule has 6 rings (SSSR count). The van der Waals surface area contributed by atoms with Crippen molar-refractivity contribution in [3.8, 4) is 33.8 Å². The molecular formula is C27H22FN9O. The Morgan fingerprint density at radius 2 is 1.82 bits per heavy atom. The van der Waals surface area contributed by atoms with E-state index in [2.05, 4.69) is 40.4 Å². The highest BCUT2D eigenvalue weighted by atomic mass is 19.1. The van der Waals surface area contributed by atoms with Crippen molar-refractivity contribution in [2.75, 3.05) is 5.32 Å². The van der Waals surface area contributed by atoms with Crippen LogP contribution in [0.3, 0.4) is 0 Å². The second-order valence-corrected chi connectivity index (χ2v) is 9.27. The van der Waals surface area contributed by atoms with Crippen molar-refractivity contribution < 1.29 is 9.18 Å². The van der Waals surface area contributed by atoms with Gasteiger partial charge in [-0.05, 0) is 35.7 Å². The zero-order valence-corrected chi connectivity index (χ0v) is 20.5. The summed E-state index contributed by atoms with van der Waals surface area (Å²) in [6.07, 6.45) is 9.93. The third-order valence-corrected chi connectivity index (χ3v) is 6.05. The summed E-state index contributed by atoms with van der Waals surface area (Å²) in [4.78, 5) is 37.1. The number of imidazole rings is 1. The summed E-state index contributed by atoms with van der Waals surface area (Å²) in [5.41, 5.74) is 4.69. The summed E-state index contributed by atoms with van der Waals surface area (Å²) < 4.78 is 16.0. The smallest absolute Gasteiger partial charge is 0.224 e. The van der Waals surface area contributed by atoms with Gasteiger partial charge in [-0.3, -0.25) is 19.9 Å². The summed E-state index contributed by atoms with van der Waals surface area (Å²) >= 11 is 0. The highest BCUT2D eigenvalue weighted by Crippen LogP contribution is 2.34. The first-order valence-electron chi connectivity index (χ1n) is 12.0. The standard InChI is InChI=1S/C27H22FN9O/c1-14(2)9-20(38)33-17-10-16(11-30-12-17)19-13-32-25-21(22(19)28)24(36-37-25)27-34-23-18(5-8-31-26(23)35-27)15-3-6-29-7-4-15/h3-8,10-14H,9H2,1-2H3,(H,33,38)(H,31,34,35)(H,32,36,37). The number of amides is 1. The largest absolute Gasteiger partial charge is 0.325 e. The molecule has 0 saturated carbocycles. The van der Waals surface area contributed by atoms with Gasteiger partial charge < -0.3 is 10.3 Å². The molecule has 0 bridgehead atoms. The molecule has 188 valence electrons. The SMILES string of the molecule is CC(C)CC(=O)Nc1cncc(-c2cnc3[nH]nc(-c4nc5c(-c6ccncc6)ccnc5[nH]4)c3c2F)c1. The molecule has 11 heteroatoms. The lowest BCUT2D eigenvalue weighted by atomic mass is 10.1. The van der Waals surface area contributed by atoms with Crippen LogP contribution in [0, 0.1) is 11.7 Å². The number of carbonyl (C=O) groups is 1. The fraction of sp³-hybridized carbons (Fsp3) is 0.148. The first-order chi connectivity index (χ1) is 18.5. The summed E-state index contributed by atoms with van der Waals surface area (Å²) in [5.74, 6) is -0.0985. The number of carbonyl (C=O) groups excluding carboxylic acids is 1. The number of nitrogens with one attached hydrogen (secondary N) is 3. The highest BCUT2D eigenvalue weighted by molar-refractivity contribution is 5.97. The summed E-state index contributed by atoms with van der Waals surface area (Å²) in [6.45, 7) is 3.93. The number of rotatable bonds is 6. The minimum atomic E-state index is -0.533. The number of pyridine rings is 4. The monoisotopic (exact) mass is 507 g/mol. The number of aromatic nitrogens is 8. The van der Waals surface area contributed by atoms with E-state index in [1.807, 2.05) is 32.0 Å². The molecule has 0 atom stereocenters. The van der Waals surface area contributed by atoms with Crippen LogP contribution < -0.4 is 5.32 Å². The Labute approximate surface area is 215 Å². The van der Waals surface area contributed by atoms with Gasteiger partial charge in [0.15, 0.2) is 17.1 Å². The molecule has 0 aliphatic rings. The Kier molecular flexibility index (Phi) is 5.79. The van der Waals surface area contributed by atoms with E-state index >= 15 is 4.39 Å². The van der Waals surface area contributed by atoms with E-state index in [0.29, 0.717) is 34.7 Å². The molecular weight excluding hydrogens is 485 g/mol. The molecule has 0 aliphatic heterocycles.